The topological polar surface area (TPSA) is 66.3 Å². The van der Waals surface area contributed by atoms with Crippen molar-refractivity contribution in [1.29, 1.82) is 0 Å². The summed E-state index contributed by atoms with van der Waals surface area (Å²) in [5.41, 5.74) is 0.221. The Morgan fingerprint density at radius 1 is 1.44 bits per heavy atom. The lowest BCUT2D eigenvalue weighted by Gasteiger charge is -2.31. The van der Waals surface area contributed by atoms with E-state index >= 15 is 0 Å². The molecule has 1 heterocycles. The van der Waals surface area contributed by atoms with Crippen molar-refractivity contribution >= 4 is 27.8 Å². The van der Waals surface area contributed by atoms with Gasteiger partial charge in [0.2, 0.25) is 0 Å². The van der Waals surface area contributed by atoms with Gasteiger partial charge in [-0.25, -0.2) is 9.78 Å². The maximum Gasteiger partial charge on any atom is 0.413 e. The third-order valence-corrected chi connectivity index (χ3v) is 2.49. The monoisotopic (exact) mass is 287 g/mol. The smallest absolute Gasteiger partial charge is 0.413 e. The van der Waals surface area contributed by atoms with E-state index in [1.54, 1.807) is 27.0 Å². The molecule has 1 aromatic rings. The van der Waals surface area contributed by atoms with Gasteiger partial charge >= 0.3 is 6.09 Å². The first kappa shape index (κ1) is 12.9. The zero-order chi connectivity index (χ0) is 12.3. The van der Waals surface area contributed by atoms with Crippen LogP contribution in [0.15, 0.2) is 12.4 Å². The summed E-state index contributed by atoms with van der Waals surface area (Å²) in [5.74, 6) is 0.338. The molecule has 0 unspecified atom stereocenters. The maximum absolute atomic E-state index is 11.1. The van der Waals surface area contributed by atoms with E-state index in [0.29, 0.717) is 11.1 Å². The lowest BCUT2D eigenvalue weighted by atomic mass is 10.1. The molecule has 0 spiro atoms. The molecule has 16 heavy (non-hydrogen) atoms. The molecule has 0 aliphatic heterocycles. The van der Waals surface area contributed by atoms with Crippen LogP contribution >= 0.6 is 15.9 Å². The molecule has 0 saturated heterocycles. The predicted octanol–water partition coefficient (Wildman–Crippen LogP) is 2.65. The van der Waals surface area contributed by atoms with Gasteiger partial charge in [-0.05, 0) is 20.8 Å². The largest absolute Gasteiger partial charge is 0.465 e. The summed E-state index contributed by atoms with van der Waals surface area (Å²) in [6.07, 6.45) is 2.00. The summed E-state index contributed by atoms with van der Waals surface area (Å²) in [5, 5.41) is 9.74. The van der Waals surface area contributed by atoms with Crippen LogP contribution in [0.5, 0.6) is 0 Å². The minimum atomic E-state index is -1.03. The zero-order valence-corrected chi connectivity index (χ0v) is 11.0. The number of aromatic nitrogens is 2. The van der Waals surface area contributed by atoms with Crippen LogP contribution in [0.3, 0.4) is 0 Å². The normalized spacial score (nSPS) is 11.2. The molecule has 0 aromatic carbocycles. The molecular weight excluding hydrogens is 274 g/mol. The van der Waals surface area contributed by atoms with Crippen molar-refractivity contribution in [2.75, 3.05) is 4.90 Å². The molecule has 0 aliphatic rings. The van der Waals surface area contributed by atoms with E-state index in [1.807, 2.05) is 0 Å². The fraction of sp³-hybridized carbons (Fsp3) is 0.500. The average Bonchev–Trinajstić information content (AvgIpc) is 2.16. The molecule has 0 saturated carbocycles. The Kier molecular flexibility index (Phi) is 3.85. The Balaban J connectivity index is 3.07. The van der Waals surface area contributed by atoms with Crippen LogP contribution < -0.4 is 4.90 Å². The van der Waals surface area contributed by atoms with E-state index in [-0.39, 0.29) is 0 Å². The molecule has 6 heteroatoms. The summed E-state index contributed by atoms with van der Waals surface area (Å²) < 4.78 is 0. The van der Waals surface area contributed by atoms with Crippen molar-refractivity contribution in [1.82, 2.24) is 9.97 Å². The van der Waals surface area contributed by atoms with Crippen molar-refractivity contribution in [2.45, 2.75) is 31.6 Å². The standard InChI is InChI=1S/C10H14BrN3O2/c1-10(2,3)14(9(15)16)8-6-12-7(4-11)5-13-8/h5-6H,4H2,1-3H3,(H,15,16). The second-order valence-corrected chi connectivity index (χ2v) is 4.85. The number of carboxylic acid groups (broad SMARTS) is 1. The summed E-state index contributed by atoms with van der Waals surface area (Å²) >= 11 is 3.26. The number of nitrogens with zero attached hydrogens (tertiary/aromatic N) is 3. The summed E-state index contributed by atoms with van der Waals surface area (Å²) in [4.78, 5) is 20.5. The van der Waals surface area contributed by atoms with Gasteiger partial charge in [0, 0.05) is 10.9 Å². The van der Waals surface area contributed by atoms with Crippen LogP contribution in [0.4, 0.5) is 10.6 Å². The molecule has 5 nitrogen and oxygen atoms in total. The van der Waals surface area contributed by atoms with E-state index in [2.05, 4.69) is 25.9 Å². The minimum absolute atomic E-state index is 0.338. The van der Waals surface area contributed by atoms with Gasteiger partial charge in [-0.2, -0.15) is 0 Å². The molecule has 1 rings (SSSR count). The number of hydrogen-bond donors (Lipinski definition) is 1. The van der Waals surface area contributed by atoms with Crippen molar-refractivity contribution in [3.8, 4) is 0 Å². The fourth-order valence-electron chi connectivity index (χ4n) is 1.26. The Morgan fingerprint density at radius 2 is 2.06 bits per heavy atom. The van der Waals surface area contributed by atoms with Crippen LogP contribution in [0, 0.1) is 0 Å². The summed E-state index contributed by atoms with van der Waals surface area (Å²) in [6.45, 7) is 5.42. The highest BCUT2D eigenvalue weighted by Crippen LogP contribution is 2.21. The number of rotatable bonds is 2. The molecule has 1 amide bonds. The van der Waals surface area contributed by atoms with Crippen LogP contribution in [-0.4, -0.2) is 26.7 Å². The number of anilines is 1. The Morgan fingerprint density at radius 3 is 2.38 bits per heavy atom. The van der Waals surface area contributed by atoms with Crippen molar-refractivity contribution in [3.05, 3.63) is 18.1 Å². The molecule has 0 radical (unpaired) electrons. The third kappa shape index (κ3) is 2.91. The van der Waals surface area contributed by atoms with Gasteiger partial charge in [0.05, 0.1) is 18.1 Å². The SMILES string of the molecule is CC(C)(C)N(C(=O)O)c1cnc(CBr)cn1. The Labute approximate surface area is 103 Å². The van der Waals surface area contributed by atoms with E-state index in [1.165, 1.54) is 11.1 Å². The Hall–Kier alpha value is -1.17. The molecule has 0 fully saturated rings. The number of hydrogen-bond acceptors (Lipinski definition) is 3. The first-order chi connectivity index (χ1) is 7.36. The molecule has 1 N–H and O–H groups in total. The van der Waals surface area contributed by atoms with Gasteiger partial charge in [0.1, 0.15) is 0 Å². The van der Waals surface area contributed by atoms with Crippen molar-refractivity contribution < 1.29 is 9.90 Å². The fourth-order valence-corrected chi connectivity index (χ4v) is 1.55. The molecule has 1 aromatic heterocycles. The number of alkyl halides is 1. The van der Waals surface area contributed by atoms with E-state index < -0.39 is 11.6 Å². The van der Waals surface area contributed by atoms with Gasteiger partial charge in [0.15, 0.2) is 5.82 Å². The van der Waals surface area contributed by atoms with Gasteiger partial charge in [-0.1, -0.05) is 15.9 Å². The first-order valence-corrected chi connectivity index (χ1v) is 5.88. The van der Waals surface area contributed by atoms with E-state index in [4.69, 9.17) is 5.11 Å². The summed E-state index contributed by atoms with van der Waals surface area (Å²) in [6, 6.07) is 0. The van der Waals surface area contributed by atoms with Gasteiger partial charge in [-0.3, -0.25) is 9.88 Å². The van der Waals surface area contributed by atoms with E-state index in [9.17, 15) is 4.79 Å². The minimum Gasteiger partial charge on any atom is -0.465 e. The van der Waals surface area contributed by atoms with Crippen LogP contribution in [0.25, 0.3) is 0 Å². The number of carbonyl (C=O) groups is 1. The van der Waals surface area contributed by atoms with Gasteiger partial charge in [0.25, 0.3) is 0 Å². The molecule has 0 bridgehead atoms. The number of halogens is 1. The van der Waals surface area contributed by atoms with Crippen molar-refractivity contribution in [2.24, 2.45) is 0 Å². The second kappa shape index (κ2) is 4.78. The highest BCUT2D eigenvalue weighted by Gasteiger charge is 2.28. The van der Waals surface area contributed by atoms with Crippen LogP contribution in [-0.2, 0) is 5.33 Å². The summed E-state index contributed by atoms with van der Waals surface area (Å²) in [7, 11) is 0. The molecular formula is C10H14BrN3O2. The van der Waals surface area contributed by atoms with E-state index in [0.717, 1.165) is 5.69 Å². The predicted molar refractivity (Wildman–Crippen MR) is 64.9 cm³/mol. The highest BCUT2D eigenvalue weighted by molar-refractivity contribution is 9.08. The quantitative estimate of drug-likeness (QED) is 0.850. The van der Waals surface area contributed by atoms with Crippen LogP contribution in [0.1, 0.15) is 26.5 Å². The van der Waals surface area contributed by atoms with Crippen LogP contribution in [0.2, 0.25) is 0 Å². The molecule has 88 valence electrons. The van der Waals surface area contributed by atoms with Gasteiger partial charge in [-0.15, -0.1) is 0 Å². The van der Waals surface area contributed by atoms with Crippen molar-refractivity contribution in [3.63, 3.8) is 0 Å². The van der Waals surface area contributed by atoms with Gasteiger partial charge < -0.3 is 5.11 Å². The highest BCUT2D eigenvalue weighted by atomic mass is 79.9. The Bertz CT molecular complexity index is 373. The lowest BCUT2D eigenvalue weighted by molar-refractivity contribution is 0.195. The maximum atomic E-state index is 11.1. The lowest BCUT2D eigenvalue weighted by Crippen LogP contribution is -2.45. The molecule has 0 atom stereocenters. The first-order valence-electron chi connectivity index (χ1n) is 4.76. The zero-order valence-electron chi connectivity index (χ0n) is 9.44. The third-order valence-electron chi connectivity index (χ3n) is 1.92. The molecule has 0 aliphatic carbocycles. The second-order valence-electron chi connectivity index (χ2n) is 4.29. The number of amides is 1. The average molecular weight is 288 g/mol.